The summed E-state index contributed by atoms with van der Waals surface area (Å²) < 4.78 is 10.9. The fourth-order valence-corrected chi connectivity index (χ4v) is 5.85. The van der Waals surface area contributed by atoms with Gasteiger partial charge in [-0.2, -0.15) is 4.37 Å². The van der Waals surface area contributed by atoms with Crippen LogP contribution < -0.4 is 19.8 Å². The number of aliphatic hydroxyl groups excluding tert-OH is 1. The van der Waals surface area contributed by atoms with Crippen LogP contribution in [0.5, 0.6) is 5.75 Å². The highest BCUT2D eigenvalue weighted by atomic mass is 35.5. The molecule has 5 rings (SSSR count). The highest BCUT2D eigenvalue weighted by Crippen LogP contribution is 2.33. The molecule has 1 fully saturated rings. The monoisotopic (exact) mass is 499 g/mol. The average molecular weight is 500 g/mol. The van der Waals surface area contributed by atoms with Gasteiger partial charge in [-0.05, 0) is 61.1 Å². The SMILES string of the molecule is COc1ccc2ncc(Cl)c(C(O)CN3CCCC(CNCN4C=c5cnsc5=CC4)C3)c2c1. The van der Waals surface area contributed by atoms with Gasteiger partial charge in [-0.25, -0.2) is 0 Å². The number of methoxy groups -OCH3 is 1. The van der Waals surface area contributed by atoms with Gasteiger partial charge in [0.2, 0.25) is 0 Å². The number of β-amino-alcohol motifs (C(OH)–C–C–N with tert-alkyl or cyclic N) is 1. The second-order valence-corrected chi connectivity index (χ2v) is 10.3. The molecule has 0 bridgehead atoms. The molecule has 2 N–H and O–H groups in total. The lowest BCUT2D eigenvalue weighted by Gasteiger charge is -2.34. The number of fused-ring (bicyclic) bond motifs is 2. The molecule has 0 amide bonds. The zero-order chi connectivity index (χ0) is 23.5. The molecular weight excluding hydrogens is 470 g/mol. The van der Waals surface area contributed by atoms with Crippen molar-refractivity contribution in [2.75, 3.05) is 46.5 Å². The van der Waals surface area contributed by atoms with E-state index in [2.05, 4.69) is 36.8 Å². The topological polar surface area (TPSA) is 73.8 Å². The molecule has 2 aliphatic heterocycles. The van der Waals surface area contributed by atoms with Gasteiger partial charge in [-0.15, -0.1) is 0 Å². The van der Waals surface area contributed by atoms with Gasteiger partial charge in [-0.1, -0.05) is 11.6 Å². The molecule has 1 saturated heterocycles. The van der Waals surface area contributed by atoms with Crippen LogP contribution >= 0.6 is 23.1 Å². The Labute approximate surface area is 208 Å². The summed E-state index contributed by atoms with van der Waals surface area (Å²) in [4.78, 5) is 9.05. The van der Waals surface area contributed by atoms with Crippen molar-refractivity contribution in [3.63, 3.8) is 0 Å². The summed E-state index contributed by atoms with van der Waals surface area (Å²) in [6.07, 6.45) is 9.62. The van der Waals surface area contributed by atoms with Crippen LogP contribution in [0.25, 0.3) is 23.2 Å². The normalized spacial score (nSPS) is 19.4. The number of nitrogens with zero attached hydrogens (tertiary/aromatic N) is 4. The Morgan fingerprint density at radius 1 is 1.35 bits per heavy atom. The van der Waals surface area contributed by atoms with E-state index in [0.717, 1.165) is 61.5 Å². The van der Waals surface area contributed by atoms with Gasteiger partial charge in [0, 0.05) is 60.9 Å². The first-order chi connectivity index (χ1) is 16.6. The Bertz CT molecular complexity index is 1270. The van der Waals surface area contributed by atoms with Gasteiger partial charge in [0.1, 0.15) is 5.75 Å². The lowest BCUT2D eigenvalue weighted by Crippen LogP contribution is -2.43. The summed E-state index contributed by atoms with van der Waals surface area (Å²) in [7, 11) is 1.63. The molecule has 2 unspecified atom stereocenters. The molecule has 4 heterocycles. The highest BCUT2D eigenvalue weighted by molar-refractivity contribution is 7.03. The van der Waals surface area contributed by atoms with Gasteiger partial charge >= 0.3 is 0 Å². The predicted molar refractivity (Wildman–Crippen MR) is 137 cm³/mol. The number of aromatic nitrogens is 2. The standard InChI is InChI=1S/C25H30ClN5O2S/c1-33-19-4-5-22-20(9-19)25(21(26)12-28-22)23(32)15-30-7-2-3-17(13-30)10-27-16-31-8-6-24-18(14-31)11-29-34-24/h4-6,9,11-12,14,17,23,27,32H,2-3,7-8,10,13,15-16H2,1H3. The van der Waals surface area contributed by atoms with Crippen molar-refractivity contribution in [2.24, 2.45) is 5.92 Å². The first-order valence-electron chi connectivity index (χ1n) is 11.7. The maximum atomic E-state index is 11.2. The van der Waals surface area contributed by atoms with Crippen LogP contribution in [0.15, 0.2) is 30.6 Å². The van der Waals surface area contributed by atoms with Gasteiger partial charge in [0.05, 0.1) is 35.0 Å². The fraction of sp³-hybridized carbons (Fsp3) is 0.440. The van der Waals surface area contributed by atoms with Gasteiger partial charge in [0.15, 0.2) is 0 Å². The number of halogens is 1. The number of piperidine rings is 1. The number of likely N-dealkylation sites (tertiary alicyclic amines) is 1. The summed E-state index contributed by atoms with van der Waals surface area (Å²) in [5, 5.41) is 17.3. The second kappa shape index (κ2) is 10.6. The van der Waals surface area contributed by atoms with Crippen molar-refractivity contribution in [1.29, 1.82) is 0 Å². The number of hydrogen-bond donors (Lipinski definition) is 2. The van der Waals surface area contributed by atoms with E-state index < -0.39 is 6.10 Å². The quantitative estimate of drug-likeness (QED) is 0.492. The predicted octanol–water partition coefficient (Wildman–Crippen LogP) is 2.18. The first kappa shape index (κ1) is 23.5. The molecule has 2 aliphatic rings. The molecule has 1 aromatic carbocycles. The molecule has 3 aromatic rings. The van der Waals surface area contributed by atoms with E-state index in [1.165, 1.54) is 16.2 Å². The maximum Gasteiger partial charge on any atom is 0.119 e. The minimum absolute atomic E-state index is 0.488. The number of ether oxygens (including phenoxy) is 1. The molecule has 0 spiro atoms. The van der Waals surface area contributed by atoms with Crippen LogP contribution in [-0.4, -0.2) is 70.8 Å². The van der Waals surface area contributed by atoms with E-state index in [-0.39, 0.29) is 0 Å². The Morgan fingerprint density at radius 2 is 2.26 bits per heavy atom. The number of rotatable bonds is 8. The first-order valence-corrected chi connectivity index (χ1v) is 12.9. The smallest absolute Gasteiger partial charge is 0.119 e. The number of nitrogens with one attached hydrogen (secondary N) is 1. The van der Waals surface area contributed by atoms with Crippen molar-refractivity contribution < 1.29 is 9.84 Å². The molecule has 0 aliphatic carbocycles. The van der Waals surface area contributed by atoms with Crippen molar-refractivity contribution in [1.82, 2.24) is 24.5 Å². The van der Waals surface area contributed by atoms with E-state index in [1.807, 2.05) is 24.4 Å². The van der Waals surface area contributed by atoms with Crippen LogP contribution in [0.3, 0.4) is 0 Å². The number of pyridine rings is 1. The Balaban J connectivity index is 1.18. The molecule has 7 nitrogen and oxygen atoms in total. The third-order valence-corrected chi connectivity index (χ3v) is 7.75. The molecule has 0 radical (unpaired) electrons. The van der Waals surface area contributed by atoms with Gasteiger partial charge < -0.3 is 19.6 Å². The summed E-state index contributed by atoms with van der Waals surface area (Å²) in [6.45, 7) is 5.20. The van der Waals surface area contributed by atoms with E-state index in [4.69, 9.17) is 16.3 Å². The van der Waals surface area contributed by atoms with Crippen molar-refractivity contribution >= 4 is 46.3 Å². The molecule has 9 heteroatoms. The van der Waals surface area contributed by atoms with E-state index in [0.29, 0.717) is 17.5 Å². The lowest BCUT2D eigenvalue weighted by atomic mass is 9.96. The zero-order valence-electron chi connectivity index (χ0n) is 19.3. The van der Waals surface area contributed by atoms with Gasteiger partial charge in [0.25, 0.3) is 0 Å². The summed E-state index contributed by atoms with van der Waals surface area (Å²) in [6, 6.07) is 5.67. The molecule has 2 atom stereocenters. The van der Waals surface area contributed by atoms with Crippen LogP contribution in [0, 0.1) is 5.92 Å². The Morgan fingerprint density at radius 3 is 3.15 bits per heavy atom. The van der Waals surface area contributed by atoms with E-state index in [9.17, 15) is 5.11 Å². The molecule has 0 saturated carbocycles. The van der Waals surface area contributed by atoms with Crippen molar-refractivity contribution in [3.05, 3.63) is 50.9 Å². The number of hydrogen-bond acceptors (Lipinski definition) is 8. The van der Waals surface area contributed by atoms with E-state index >= 15 is 0 Å². The minimum Gasteiger partial charge on any atom is -0.497 e. The van der Waals surface area contributed by atoms with Crippen LogP contribution in [0.2, 0.25) is 5.02 Å². The minimum atomic E-state index is -0.691. The average Bonchev–Trinajstić information content (AvgIpc) is 3.32. The maximum absolute atomic E-state index is 11.2. The number of benzene rings is 1. The van der Waals surface area contributed by atoms with Crippen LogP contribution in [0.1, 0.15) is 24.5 Å². The third-order valence-electron chi connectivity index (χ3n) is 6.64. The fourth-order valence-electron chi connectivity index (χ4n) is 4.93. The Hall–Kier alpha value is -2.23. The molecule has 34 heavy (non-hydrogen) atoms. The van der Waals surface area contributed by atoms with E-state index in [1.54, 1.807) is 24.8 Å². The largest absolute Gasteiger partial charge is 0.497 e. The molecule has 180 valence electrons. The molecular formula is C25H30ClN5O2S. The second-order valence-electron chi connectivity index (χ2n) is 9.05. The number of aliphatic hydroxyl groups is 1. The van der Waals surface area contributed by atoms with Crippen LogP contribution in [0.4, 0.5) is 0 Å². The summed E-state index contributed by atoms with van der Waals surface area (Å²) in [5.41, 5.74) is 1.53. The third kappa shape index (κ3) is 5.21. The van der Waals surface area contributed by atoms with Crippen LogP contribution in [-0.2, 0) is 0 Å². The molecule has 2 aromatic heterocycles. The highest BCUT2D eigenvalue weighted by Gasteiger charge is 2.24. The van der Waals surface area contributed by atoms with Gasteiger partial charge in [-0.3, -0.25) is 10.3 Å². The summed E-state index contributed by atoms with van der Waals surface area (Å²) in [5.74, 6) is 1.28. The summed E-state index contributed by atoms with van der Waals surface area (Å²) >= 11 is 8.05. The zero-order valence-corrected chi connectivity index (χ0v) is 20.9. The Kier molecular flexibility index (Phi) is 7.32. The van der Waals surface area contributed by atoms with Crippen molar-refractivity contribution in [2.45, 2.75) is 18.9 Å². The lowest BCUT2D eigenvalue weighted by molar-refractivity contribution is 0.0845. The van der Waals surface area contributed by atoms with Crippen molar-refractivity contribution in [3.8, 4) is 5.75 Å².